The number of methoxy groups -OCH3 is 3. The molecular weight excluding hydrogens is 432 g/mol. The van der Waals surface area contributed by atoms with Crippen LogP contribution in [0.5, 0.6) is 23.0 Å². The van der Waals surface area contributed by atoms with E-state index in [9.17, 15) is 0 Å². The Balaban J connectivity index is 1.41. The summed E-state index contributed by atoms with van der Waals surface area (Å²) >= 11 is 0. The van der Waals surface area contributed by atoms with Gasteiger partial charge in [0.2, 0.25) is 5.69 Å². The number of aryl methyl sites for hydroxylation is 2. The lowest BCUT2D eigenvalue weighted by molar-refractivity contribution is -0.686. The molecule has 34 heavy (non-hydrogen) atoms. The van der Waals surface area contributed by atoms with Gasteiger partial charge in [-0.15, -0.1) is 0 Å². The van der Waals surface area contributed by atoms with Crippen LogP contribution in [0.3, 0.4) is 0 Å². The zero-order valence-corrected chi connectivity index (χ0v) is 20.3. The molecule has 2 aromatic carbocycles. The van der Waals surface area contributed by atoms with Crippen molar-refractivity contribution in [3.63, 3.8) is 0 Å². The summed E-state index contributed by atoms with van der Waals surface area (Å²) in [4.78, 5) is 2.43. The van der Waals surface area contributed by atoms with E-state index in [0.29, 0.717) is 6.61 Å². The van der Waals surface area contributed by atoms with Crippen molar-refractivity contribution in [1.82, 2.24) is 4.90 Å². The van der Waals surface area contributed by atoms with Crippen LogP contribution >= 0.6 is 0 Å². The van der Waals surface area contributed by atoms with Gasteiger partial charge in [0.15, 0.2) is 35.7 Å². The third-order valence-electron chi connectivity index (χ3n) is 6.77. The van der Waals surface area contributed by atoms with Gasteiger partial charge >= 0.3 is 0 Å². The van der Waals surface area contributed by atoms with E-state index in [1.165, 1.54) is 11.1 Å². The quantitative estimate of drug-likeness (QED) is 0.375. The van der Waals surface area contributed by atoms with Gasteiger partial charge in [-0.25, -0.2) is 0 Å². The molecule has 2 aliphatic rings. The Hall–Kier alpha value is -3.03. The maximum atomic E-state index is 6.16. The number of hydrogen-bond acceptors (Lipinski definition) is 6. The van der Waals surface area contributed by atoms with Crippen molar-refractivity contribution in [1.29, 1.82) is 0 Å². The fourth-order valence-corrected chi connectivity index (χ4v) is 4.95. The molecule has 1 fully saturated rings. The average molecular weight is 466 g/mol. The Bertz CT molecular complexity index is 1170. The molecule has 180 valence electrons. The molecule has 0 aliphatic carbocycles. The molecule has 0 unspecified atom stereocenters. The number of pyridine rings is 1. The Kier molecular flexibility index (Phi) is 6.74. The summed E-state index contributed by atoms with van der Waals surface area (Å²) in [6.45, 7) is 6.23. The maximum Gasteiger partial charge on any atom is 0.213 e. The van der Waals surface area contributed by atoms with Crippen LogP contribution in [0, 0.1) is 0 Å². The number of nitrogens with zero attached hydrogens (tertiary/aromatic N) is 2. The largest absolute Gasteiger partial charge is 0.493 e. The number of aromatic nitrogens is 1. The number of morpholine rings is 1. The average Bonchev–Trinajstić information content (AvgIpc) is 2.89. The minimum atomic E-state index is 0.659. The normalized spacial score (nSPS) is 15.5. The predicted octanol–water partition coefficient (Wildman–Crippen LogP) is 3.48. The van der Waals surface area contributed by atoms with E-state index in [0.717, 1.165) is 91.7 Å². The van der Waals surface area contributed by atoms with Gasteiger partial charge in [0.05, 0.1) is 52.1 Å². The minimum absolute atomic E-state index is 0.659. The van der Waals surface area contributed by atoms with Gasteiger partial charge in [-0.3, -0.25) is 4.90 Å². The monoisotopic (exact) mass is 465 g/mol. The van der Waals surface area contributed by atoms with E-state index in [2.05, 4.69) is 39.9 Å². The second-order valence-electron chi connectivity index (χ2n) is 8.72. The Morgan fingerprint density at radius 1 is 0.941 bits per heavy atom. The molecule has 7 nitrogen and oxygen atoms in total. The number of benzene rings is 2. The highest BCUT2D eigenvalue weighted by Gasteiger charge is 2.27. The van der Waals surface area contributed by atoms with E-state index in [4.69, 9.17) is 23.7 Å². The molecule has 1 aromatic heterocycles. The van der Waals surface area contributed by atoms with Gasteiger partial charge in [0.1, 0.15) is 0 Å². The van der Waals surface area contributed by atoms with E-state index in [1.807, 2.05) is 6.07 Å². The fourth-order valence-electron chi connectivity index (χ4n) is 4.95. The first-order valence-corrected chi connectivity index (χ1v) is 11.9. The van der Waals surface area contributed by atoms with Crippen molar-refractivity contribution in [3.8, 4) is 34.3 Å². The molecule has 0 amide bonds. The number of ether oxygens (including phenoxy) is 5. The molecule has 7 heteroatoms. The van der Waals surface area contributed by atoms with Crippen molar-refractivity contribution < 1.29 is 28.3 Å². The number of hydrogen-bond donors (Lipinski definition) is 0. The molecule has 1 saturated heterocycles. The molecule has 3 aromatic rings. The smallest absolute Gasteiger partial charge is 0.213 e. The molecule has 5 rings (SSSR count). The molecule has 0 radical (unpaired) electrons. The summed E-state index contributed by atoms with van der Waals surface area (Å²) in [6.07, 6.45) is 4.09. The zero-order chi connectivity index (χ0) is 23.5. The van der Waals surface area contributed by atoms with Crippen LogP contribution in [-0.4, -0.2) is 65.7 Å². The van der Waals surface area contributed by atoms with Gasteiger partial charge in [-0.1, -0.05) is 0 Å². The summed E-state index contributed by atoms with van der Waals surface area (Å²) in [5.74, 6) is 3.10. The third kappa shape index (κ3) is 4.38. The van der Waals surface area contributed by atoms with E-state index < -0.39 is 0 Å². The lowest BCUT2D eigenvalue weighted by Crippen LogP contribution is -2.40. The van der Waals surface area contributed by atoms with Crippen LogP contribution < -0.4 is 23.5 Å². The Morgan fingerprint density at radius 3 is 2.50 bits per heavy atom. The van der Waals surface area contributed by atoms with Crippen LogP contribution in [0.25, 0.3) is 22.0 Å². The Morgan fingerprint density at radius 2 is 1.74 bits per heavy atom. The number of fused-ring (bicyclic) bond motifs is 4. The van der Waals surface area contributed by atoms with Crippen LogP contribution in [-0.2, 0) is 17.7 Å². The van der Waals surface area contributed by atoms with Gasteiger partial charge in [-0.05, 0) is 41.6 Å². The second kappa shape index (κ2) is 10.1. The van der Waals surface area contributed by atoms with Gasteiger partial charge in [0.25, 0.3) is 0 Å². The van der Waals surface area contributed by atoms with Crippen LogP contribution in [0.4, 0.5) is 0 Å². The molecule has 0 N–H and O–H groups in total. The number of rotatable bonds is 8. The maximum absolute atomic E-state index is 6.16. The van der Waals surface area contributed by atoms with Gasteiger partial charge < -0.3 is 23.7 Å². The van der Waals surface area contributed by atoms with Crippen molar-refractivity contribution >= 4 is 10.8 Å². The summed E-state index contributed by atoms with van der Waals surface area (Å²) in [5.41, 5.74) is 3.60. The van der Waals surface area contributed by atoms with Crippen LogP contribution in [0.15, 0.2) is 36.5 Å². The van der Waals surface area contributed by atoms with E-state index >= 15 is 0 Å². The van der Waals surface area contributed by atoms with Crippen molar-refractivity contribution in [2.45, 2.75) is 19.4 Å². The first kappa shape index (κ1) is 22.7. The van der Waals surface area contributed by atoms with Crippen LogP contribution in [0.2, 0.25) is 0 Å². The topological polar surface area (TPSA) is 53.3 Å². The van der Waals surface area contributed by atoms with Gasteiger partial charge in [0, 0.05) is 32.1 Å². The second-order valence-corrected chi connectivity index (χ2v) is 8.72. The van der Waals surface area contributed by atoms with Crippen molar-refractivity contribution in [2.24, 2.45) is 0 Å². The first-order valence-electron chi connectivity index (χ1n) is 11.9. The molecule has 0 spiro atoms. The molecule has 0 bridgehead atoms. The zero-order valence-electron chi connectivity index (χ0n) is 20.3. The third-order valence-corrected chi connectivity index (χ3v) is 6.77. The van der Waals surface area contributed by atoms with E-state index in [-0.39, 0.29) is 0 Å². The van der Waals surface area contributed by atoms with Crippen molar-refractivity contribution in [3.05, 3.63) is 42.1 Å². The lowest BCUT2D eigenvalue weighted by atomic mass is 9.95. The highest BCUT2D eigenvalue weighted by atomic mass is 16.5. The highest BCUT2D eigenvalue weighted by Crippen LogP contribution is 2.40. The molecule has 0 atom stereocenters. The molecule has 2 aliphatic heterocycles. The molecular formula is C27H33N2O5+. The summed E-state index contributed by atoms with van der Waals surface area (Å²) in [7, 11) is 5.07. The summed E-state index contributed by atoms with van der Waals surface area (Å²) < 4.78 is 30.8. The first-order chi connectivity index (χ1) is 16.7. The van der Waals surface area contributed by atoms with Crippen molar-refractivity contribution in [2.75, 3.05) is 60.8 Å². The highest BCUT2D eigenvalue weighted by molar-refractivity contribution is 5.91. The standard InChI is InChI=1S/C27H33N2O5/c1-30-25-16-20-7-9-29-18-22-19(15-23(29)21(20)17-26(25)31-2)5-6-24(27(22)32-3)34-12-4-8-28-10-13-33-14-11-28/h5-6,15-18H,4,7-14H2,1-3H3/q+1. The van der Waals surface area contributed by atoms with Crippen LogP contribution in [0.1, 0.15) is 12.0 Å². The summed E-state index contributed by atoms with van der Waals surface area (Å²) in [6, 6.07) is 10.5. The lowest BCUT2D eigenvalue weighted by Gasteiger charge is -2.26. The van der Waals surface area contributed by atoms with Gasteiger partial charge in [-0.2, -0.15) is 4.57 Å². The molecule has 3 heterocycles. The molecule has 0 saturated carbocycles. The fraction of sp³-hybridized carbons (Fsp3) is 0.444. The van der Waals surface area contributed by atoms with E-state index in [1.54, 1.807) is 21.3 Å². The minimum Gasteiger partial charge on any atom is -0.493 e. The SMILES string of the molecule is COc1cc2c(cc1OC)-c1cc3ccc(OCCCN4CCOCC4)c(OC)c3c[n+]1CC2. The Labute approximate surface area is 200 Å². The predicted molar refractivity (Wildman–Crippen MR) is 130 cm³/mol. The summed E-state index contributed by atoms with van der Waals surface area (Å²) in [5, 5.41) is 2.17.